The number of nitrogens with zero attached hydrogens (tertiary/aromatic N) is 3. The van der Waals surface area contributed by atoms with Crippen LogP contribution in [0.3, 0.4) is 0 Å². The van der Waals surface area contributed by atoms with E-state index in [9.17, 15) is 4.79 Å². The second kappa shape index (κ2) is 7.98. The molecule has 3 rings (SSSR count). The largest absolute Gasteiger partial charge is 0.367 e. The summed E-state index contributed by atoms with van der Waals surface area (Å²) >= 11 is 0. The number of nitrogens with one attached hydrogen (secondary N) is 1. The lowest BCUT2D eigenvalue weighted by molar-refractivity contribution is -0.129. The Bertz CT molecular complexity index is 691. The maximum absolute atomic E-state index is 11.4. The highest BCUT2D eigenvalue weighted by molar-refractivity contribution is 5.73. The first-order chi connectivity index (χ1) is 12.2. The molecule has 6 nitrogen and oxygen atoms in total. The number of nitrogens with two attached hydrogens (primary N) is 1. The number of hydrazine groups is 1. The van der Waals surface area contributed by atoms with Crippen LogP contribution in [0.4, 0.5) is 11.4 Å². The van der Waals surface area contributed by atoms with Crippen LogP contribution < -0.4 is 16.2 Å². The van der Waals surface area contributed by atoms with Crippen LogP contribution in [-0.4, -0.2) is 42.0 Å². The van der Waals surface area contributed by atoms with Crippen LogP contribution >= 0.6 is 0 Å². The first kappa shape index (κ1) is 17.2. The number of benzene rings is 1. The van der Waals surface area contributed by atoms with Crippen LogP contribution in [0.1, 0.15) is 18.2 Å². The predicted octanol–water partition coefficient (Wildman–Crippen LogP) is 1.82. The molecule has 2 heterocycles. The Kier molecular flexibility index (Phi) is 5.50. The Morgan fingerprint density at radius 1 is 1.08 bits per heavy atom. The lowest BCUT2D eigenvalue weighted by atomic mass is 10.1. The smallest absolute Gasteiger partial charge is 0.219 e. The molecule has 0 bridgehead atoms. The fourth-order valence-electron chi connectivity index (χ4n) is 3.07. The Hall–Kier alpha value is -2.60. The van der Waals surface area contributed by atoms with Gasteiger partial charge in [-0.15, -0.1) is 0 Å². The van der Waals surface area contributed by atoms with Gasteiger partial charge in [-0.1, -0.05) is 12.1 Å². The Labute approximate surface area is 148 Å². The molecule has 1 aromatic carbocycles. The maximum atomic E-state index is 11.4. The molecule has 0 aliphatic carbocycles. The third-order valence-corrected chi connectivity index (χ3v) is 4.69. The summed E-state index contributed by atoms with van der Waals surface area (Å²) in [5.74, 6) is 5.54. The number of aryl methyl sites for hydroxylation is 2. The van der Waals surface area contributed by atoms with Crippen LogP contribution in [0.5, 0.6) is 0 Å². The van der Waals surface area contributed by atoms with Crippen LogP contribution in [-0.2, 0) is 17.6 Å². The normalized spacial score (nSPS) is 14.5. The van der Waals surface area contributed by atoms with E-state index in [1.807, 2.05) is 23.2 Å². The molecular formula is C19H25N5O. The Balaban J connectivity index is 1.52. The van der Waals surface area contributed by atoms with E-state index >= 15 is 0 Å². The molecule has 1 fully saturated rings. The number of rotatable bonds is 5. The molecule has 1 saturated heterocycles. The minimum absolute atomic E-state index is 0.156. The molecule has 1 aromatic heterocycles. The molecule has 1 aliphatic heterocycles. The van der Waals surface area contributed by atoms with Gasteiger partial charge in [0.25, 0.3) is 0 Å². The Morgan fingerprint density at radius 2 is 1.80 bits per heavy atom. The first-order valence-corrected chi connectivity index (χ1v) is 8.66. The summed E-state index contributed by atoms with van der Waals surface area (Å²) in [5, 5.41) is 0. The number of carbonyl (C=O) groups is 1. The van der Waals surface area contributed by atoms with Gasteiger partial charge in [0.2, 0.25) is 5.91 Å². The standard InChI is InChI=1S/C19H25N5O/c1-15(25)23-10-12-24(13-11-23)19-9-8-17(21-14-19)5-2-16-3-6-18(22-20)7-4-16/h3-4,6-9,14,22H,2,5,10-13,20H2,1H3. The molecule has 0 saturated carbocycles. The summed E-state index contributed by atoms with van der Waals surface area (Å²) in [6, 6.07) is 12.4. The van der Waals surface area contributed by atoms with Crippen molar-refractivity contribution in [3.8, 4) is 0 Å². The van der Waals surface area contributed by atoms with Gasteiger partial charge < -0.3 is 15.2 Å². The number of aromatic nitrogens is 1. The Morgan fingerprint density at radius 3 is 2.36 bits per heavy atom. The fraction of sp³-hybridized carbons (Fsp3) is 0.368. The van der Waals surface area contributed by atoms with Gasteiger partial charge in [-0.2, -0.15) is 0 Å². The second-order valence-electron chi connectivity index (χ2n) is 6.34. The van der Waals surface area contributed by atoms with E-state index in [0.717, 1.165) is 56.1 Å². The number of amides is 1. The number of carbonyl (C=O) groups excluding carboxylic acids is 1. The third-order valence-electron chi connectivity index (χ3n) is 4.69. The van der Waals surface area contributed by atoms with Crippen molar-refractivity contribution in [2.45, 2.75) is 19.8 Å². The zero-order valence-electron chi connectivity index (χ0n) is 14.6. The summed E-state index contributed by atoms with van der Waals surface area (Å²) in [7, 11) is 0. The lowest BCUT2D eigenvalue weighted by Crippen LogP contribution is -2.48. The third kappa shape index (κ3) is 4.48. The van der Waals surface area contributed by atoms with Gasteiger partial charge in [0, 0.05) is 44.5 Å². The molecule has 25 heavy (non-hydrogen) atoms. The summed E-state index contributed by atoms with van der Waals surface area (Å²) in [6.45, 7) is 4.92. The molecule has 0 radical (unpaired) electrons. The molecule has 0 unspecified atom stereocenters. The minimum Gasteiger partial charge on any atom is -0.367 e. The van der Waals surface area contributed by atoms with Crippen LogP contribution in [0.25, 0.3) is 0 Å². The second-order valence-corrected chi connectivity index (χ2v) is 6.34. The molecule has 0 spiro atoms. The van der Waals surface area contributed by atoms with Gasteiger partial charge in [-0.05, 0) is 42.7 Å². The van der Waals surface area contributed by atoms with Crippen molar-refractivity contribution < 1.29 is 4.79 Å². The minimum atomic E-state index is 0.156. The zero-order valence-corrected chi connectivity index (χ0v) is 14.6. The van der Waals surface area contributed by atoms with E-state index < -0.39 is 0 Å². The monoisotopic (exact) mass is 339 g/mol. The zero-order chi connectivity index (χ0) is 17.6. The van der Waals surface area contributed by atoms with Crippen molar-refractivity contribution in [1.82, 2.24) is 9.88 Å². The van der Waals surface area contributed by atoms with E-state index in [1.54, 1.807) is 6.92 Å². The number of pyridine rings is 1. The van der Waals surface area contributed by atoms with Crippen molar-refractivity contribution >= 4 is 17.3 Å². The van der Waals surface area contributed by atoms with Gasteiger partial charge in [-0.25, -0.2) is 0 Å². The average molecular weight is 339 g/mol. The molecule has 6 heteroatoms. The van der Waals surface area contributed by atoms with Crippen molar-refractivity contribution in [3.63, 3.8) is 0 Å². The number of hydrogen-bond donors (Lipinski definition) is 2. The van der Waals surface area contributed by atoms with Crippen molar-refractivity contribution in [2.24, 2.45) is 5.84 Å². The number of hydrogen-bond acceptors (Lipinski definition) is 5. The van der Waals surface area contributed by atoms with E-state index in [4.69, 9.17) is 5.84 Å². The molecule has 2 aromatic rings. The average Bonchev–Trinajstić information content (AvgIpc) is 2.67. The van der Waals surface area contributed by atoms with E-state index in [0.29, 0.717) is 0 Å². The molecule has 3 N–H and O–H groups in total. The van der Waals surface area contributed by atoms with Crippen molar-refractivity contribution in [3.05, 3.63) is 53.9 Å². The van der Waals surface area contributed by atoms with Gasteiger partial charge >= 0.3 is 0 Å². The first-order valence-electron chi connectivity index (χ1n) is 8.66. The van der Waals surface area contributed by atoms with E-state index in [2.05, 4.69) is 39.6 Å². The fourth-order valence-corrected chi connectivity index (χ4v) is 3.07. The SMILES string of the molecule is CC(=O)N1CCN(c2ccc(CCc3ccc(NN)cc3)nc2)CC1. The number of nitrogen functional groups attached to an aromatic ring is 1. The van der Waals surface area contributed by atoms with Gasteiger partial charge in [0.05, 0.1) is 11.9 Å². The number of anilines is 2. The lowest BCUT2D eigenvalue weighted by Gasteiger charge is -2.35. The van der Waals surface area contributed by atoms with E-state index in [-0.39, 0.29) is 5.91 Å². The quantitative estimate of drug-likeness (QED) is 0.642. The van der Waals surface area contributed by atoms with Crippen LogP contribution in [0.15, 0.2) is 42.6 Å². The van der Waals surface area contributed by atoms with Crippen molar-refractivity contribution in [1.29, 1.82) is 0 Å². The molecular weight excluding hydrogens is 314 g/mol. The van der Waals surface area contributed by atoms with Crippen LogP contribution in [0.2, 0.25) is 0 Å². The van der Waals surface area contributed by atoms with E-state index in [1.165, 1.54) is 5.56 Å². The summed E-state index contributed by atoms with van der Waals surface area (Å²) < 4.78 is 0. The molecule has 1 amide bonds. The molecule has 132 valence electrons. The summed E-state index contributed by atoms with van der Waals surface area (Å²) in [5.41, 5.74) is 7.04. The highest BCUT2D eigenvalue weighted by atomic mass is 16.2. The van der Waals surface area contributed by atoms with Crippen molar-refractivity contribution in [2.75, 3.05) is 36.5 Å². The van der Waals surface area contributed by atoms with Crippen LogP contribution in [0, 0.1) is 0 Å². The van der Waals surface area contributed by atoms with Gasteiger partial charge in [0.15, 0.2) is 0 Å². The number of piperazine rings is 1. The summed E-state index contributed by atoms with van der Waals surface area (Å²) in [4.78, 5) is 20.2. The maximum Gasteiger partial charge on any atom is 0.219 e. The predicted molar refractivity (Wildman–Crippen MR) is 100 cm³/mol. The summed E-state index contributed by atoms with van der Waals surface area (Å²) in [6.07, 6.45) is 3.81. The molecule has 0 atom stereocenters. The highest BCUT2D eigenvalue weighted by Crippen LogP contribution is 2.17. The van der Waals surface area contributed by atoms with Gasteiger partial charge in [0.1, 0.15) is 0 Å². The highest BCUT2D eigenvalue weighted by Gasteiger charge is 2.18. The topological polar surface area (TPSA) is 74.5 Å². The van der Waals surface area contributed by atoms with Gasteiger partial charge in [-0.3, -0.25) is 15.6 Å². The molecule has 1 aliphatic rings.